The molecule has 0 radical (unpaired) electrons. The van der Waals surface area contributed by atoms with Crippen LogP contribution in [0.1, 0.15) is 78.7 Å². The number of Topliss-reactive ketones (excluding diaryl/α,β-unsaturated/α-hetero) is 1. The number of carbonyl (C=O) groups excluding carboxylic acids is 1. The van der Waals surface area contributed by atoms with Crippen LogP contribution in [-0.2, 0) is 4.79 Å². The van der Waals surface area contributed by atoms with Crippen molar-refractivity contribution in [3.8, 4) is 0 Å². The van der Waals surface area contributed by atoms with E-state index in [4.69, 9.17) is 12.2 Å². The molecule has 160 valence electrons. The van der Waals surface area contributed by atoms with E-state index in [1.807, 2.05) is 18.2 Å². The van der Waals surface area contributed by atoms with Crippen molar-refractivity contribution in [2.75, 3.05) is 0 Å². The Bertz CT molecular complexity index is 734. The number of nitrogens with one attached hydrogen (secondary N) is 1. The number of thiocarbonyl (C=S) groups is 1. The van der Waals surface area contributed by atoms with E-state index in [1.165, 1.54) is 19.3 Å². The molecule has 5 atom stereocenters. The molecule has 0 saturated heterocycles. The number of hydrogen-bond donors (Lipinski definition) is 1. The molecule has 29 heavy (non-hydrogen) atoms. The molecule has 0 amide bonds. The Balaban J connectivity index is 1.78. The summed E-state index contributed by atoms with van der Waals surface area (Å²) in [6, 6.07) is 10.7. The van der Waals surface area contributed by atoms with Crippen LogP contribution >= 0.6 is 12.2 Å². The molecule has 3 rings (SSSR count). The maximum atomic E-state index is 13.4. The summed E-state index contributed by atoms with van der Waals surface area (Å²) in [5.74, 6) is 1.14. The van der Waals surface area contributed by atoms with Gasteiger partial charge in [-0.05, 0) is 0 Å². The average molecular weight is 479 g/mol. The van der Waals surface area contributed by atoms with Gasteiger partial charge in [-0.3, -0.25) is 0 Å². The van der Waals surface area contributed by atoms with Gasteiger partial charge in [0, 0.05) is 0 Å². The molecule has 2 aliphatic rings. The molecule has 2 aliphatic carbocycles. The Labute approximate surface area is 189 Å². The van der Waals surface area contributed by atoms with Crippen molar-refractivity contribution in [2.45, 2.75) is 88.8 Å². The van der Waals surface area contributed by atoms with Gasteiger partial charge in [0.25, 0.3) is 0 Å². The van der Waals surface area contributed by atoms with Gasteiger partial charge in [-0.15, -0.1) is 0 Å². The summed E-state index contributed by atoms with van der Waals surface area (Å²) < 4.78 is 0. The van der Waals surface area contributed by atoms with Gasteiger partial charge in [-0.1, -0.05) is 0 Å². The third kappa shape index (κ3) is 4.23. The van der Waals surface area contributed by atoms with Crippen molar-refractivity contribution < 1.29 is 4.79 Å². The first-order valence-corrected chi connectivity index (χ1v) is 13.7. The van der Waals surface area contributed by atoms with Crippen LogP contribution in [0.4, 0.5) is 0 Å². The molecule has 2 nitrogen and oxygen atoms in total. The Morgan fingerprint density at radius 1 is 1.17 bits per heavy atom. The first-order valence-electron chi connectivity index (χ1n) is 11.3. The Morgan fingerprint density at radius 2 is 1.83 bits per heavy atom. The molecule has 2 saturated carbocycles. The van der Waals surface area contributed by atoms with E-state index in [9.17, 15) is 4.79 Å². The summed E-state index contributed by atoms with van der Waals surface area (Å²) in [6.07, 6.45) is 6.92. The zero-order valence-corrected chi connectivity index (χ0v) is 21.2. The number of benzene rings is 1. The Morgan fingerprint density at radius 3 is 2.38 bits per heavy atom. The summed E-state index contributed by atoms with van der Waals surface area (Å²) >= 11 is 6.07. The van der Waals surface area contributed by atoms with Crippen molar-refractivity contribution in [3.63, 3.8) is 0 Å². The van der Waals surface area contributed by atoms with E-state index >= 15 is 0 Å². The molecule has 2 fully saturated rings. The molecule has 0 aromatic heterocycles. The quantitative estimate of drug-likeness (QED) is 0.337. The first-order chi connectivity index (χ1) is 13.8. The number of ketones is 1. The molecule has 1 N–H and O–H groups in total. The second-order valence-electron chi connectivity index (χ2n) is 9.68. The number of hydrogen-bond acceptors (Lipinski definition) is 2. The zero-order chi connectivity index (χ0) is 21.2. The van der Waals surface area contributed by atoms with Crippen LogP contribution in [0.15, 0.2) is 30.3 Å². The van der Waals surface area contributed by atoms with Gasteiger partial charge in [0.15, 0.2) is 0 Å². The number of rotatable bonds is 9. The van der Waals surface area contributed by atoms with Crippen LogP contribution in [0.2, 0.25) is 9.63 Å². The van der Waals surface area contributed by atoms with Gasteiger partial charge in [0.2, 0.25) is 0 Å². The fourth-order valence-corrected chi connectivity index (χ4v) is 10.4. The molecular formula is C25H37NOSSe. The molecule has 1 aromatic rings. The molecule has 0 aliphatic heterocycles. The third-order valence-electron chi connectivity index (χ3n) is 7.77. The standard InChI is InChI=1S/C25H37NOSSe/c1-6-11-19(26-23(28)17-13-9-8-10-14-17)20(12-7-2)29-21-18-15-16-25(5,22(21)27)24(18,3)4/h8-10,13-14,18-21H,6-7,11-12,15-16H2,1-5H3,(H,26,28)/t18-,19-,20+,21+,25+/m1/s1. The van der Waals surface area contributed by atoms with E-state index < -0.39 is 0 Å². The average Bonchev–Trinajstić information content (AvgIpc) is 3.01. The second kappa shape index (κ2) is 9.20. The summed E-state index contributed by atoms with van der Waals surface area (Å²) in [5.41, 5.74) is 1.14. The maximum absolute atomic E-state index is 13.4. The van der Waals surface area contributed by atoms with Gasteiger partial charge < -0.3 is 0 Å². The van der Waals surface area contributed by atoms with Gasteiger partial charge in [-0.25, -0.2) is 0 Å². The Hall–Kier alpha value is -0.701. The van der Waals surface area contributed by atoms with Crippen molar-refractivity contribution in [1.82, 2.24) is 5.32 Å². The normalized spacial score (nSPS) is 29.6. The topological polar surface area (TPSA) is 29.1 Å². The van der Waals surface area contributed by atoms with Gasteiger partial charge in [0.05, 0.1) is 0 Å². The zero-order valence-electron chi connectivity index (χ0n) is 18.7. The monoisotopic (exact) mass is 479 g/mol. The second-order valence-corrected chi connectivity index (χ2v) is 13.0. The third-order valence-corrected chi connectivity index (χ3v) is 11.8. The van der Waals surface area contributed by atoms with Gasteiger partial charge in [-0.2, -0.15) is 0 Å². The summed E-state index contributed by atoms with van der Waals surface area (Å²) in [6.45, 7) is 11.5. The van der Waals surface area contributed by atoms with E-state index in [1.54, 1.807) is 0 Å². The Kier molecular flexibility index (Phi) is 7.29. The summed E-state index contributed by atoms with van der Waals surface area (Å²) in [7, 11) is 0. The van der Waals surface area contributed by atoms with Crippen LogP contribution in [-0.4, -0.2) is 31.8 Å². The van der Waals surface area contributed by atoms with E-state index in [2.05, 4.69) is 52.1 Å². The van der Waals surface area contributed by atoms with Crippen LogP contribution in [0.3, 0.4) is 0 Å². The van der Waals surface area contributed by atoms with Crippen molar-refractivity contribution >= 4 is 37.9 Å². The fourth-order valence-electron chi connectivity index (χ4n) is 5.50. The van der Waals surface area contributed by atoms with Crippen molar-refractivity contribution in [2.24, 2.45) is 16.7 Å². The first kappa shape index (κ1) is 23.0. The summed E-state index contributed by atoms with van der Waals surface area (Å²) in [4.78, 5) is 15.1. The predicted octanol–water partition coefficient (Wildman–Crippen LogP) is 6.23. The van der Waals surface area contributed by atoms with E-state index in [-0.39, 0.29) is 10.8 Å². The SMILES string of the molecule is CCC[C@H]([Se][C@@H]1C(=O)[C@]2(C)CC[C@H]1C2(C)C)[C@@H](CCC)NC(=S)c1ccccc1. The molecule has 0 heterocycles. The predicted molar refractivity (Wildman–Crippen MR) is 128 cm³/mol. The molecule has 0 unspecified atom stereocenters. The van der Waals surface area contributed by atoms with Gasteiger partial charge in [0.1, 0.15) is 0 Å². The molecule has 2 bridgehead atoms. The fraction of sp³-hybridized carbons (Fsp3) is 0.680. The number of fused-ring (bicyclic) bond motifs is 2. The molecule has 4 heteroatoms. The van der Waals surface area contributed by atoms with Crippen LogP contribution < -0.4 is 5.32 Å². The molecule has 0 spiro atoms. The van der Waals surface area contributed by atoms with Crippen molar-refractivity contribution in [1.29, 1.82) is 0 Å². The minimum absolute atomic E-state index is 0.103. The van der Waals surface area contributed by atoms with Crippen LogP contribution in [0.5, 0.6) is 0 Å². The molecular weight excluding hydrogens is 441 g/mol. The number of carbonyl (C=O) groups is 1. The van der Waals surface area contributed by atoms with Crippen LogP contribution in [0.25, 0.3) is 0 Å². The van der Waals surface area contributed by atoms with E-state index in [0.29, 0.717) is 42.3 Å². The van der Waals surface area contributed by atoms with Crippen LogP contribution in [0, 0.1) is 16.7 Å². The minimum atomic E-state index is -0.103. The molecule has 1 aromatic carbocycles. The van der Waals surface area contributed by atoms with E-state index in [0.717, 1.165) is 29.8 Å². The van der Waals surface area contributed by atoms with Gasteiger partial charge >= 0.3 is 190 Å². The van der Waals surface area contributed by atoms with Crippen molar-refractivity contribution in [3.05, 3.63) is 35.9 Å². The summed E-state index contributed by atoms with van der Waals surface area (Å²) in [5, 5.41) is 3.72.